The molecule has 32 heavy (non-hydrogen) atoms. The molecule has 0 atom stereocenters. The van der Waals surface area contributed by atoms with Gasteiger partial charge in [-0.15, -0.1) is 0 Å². The molecule has 1 N–H and O–H groups in total. The van der Waals surface area contributed by atoms with E-state index in [0.29, 0.717) is 23.0 Å². The van der Waals surface area contributed by atoms with Crippen LogP contribution in [0.25, 0.3) is 11.0 Å². The highest BCUT2D eigenvalue weighted by Crippen LogP contribution is 2.32. The first-order chi connectivity index (χ1) is 15.4. The highest BCUT2D eigenvalue weighted by Gasteiger charge is 2.25. The summed E-state index contributed by atoms with van der Waals surface area (Å²) in [4.78, 5) is 41.4. The lowest BCUT2D eigenvalue weighted by Gasteiger charge is -2.21. The summed E-state index contributed by atoms with van der Waals surface area (Å²) in [6.07, 6.45) is 7.49. The van der Waals surface area contributed by atoms with Crippen molar-refractivity contribution in [1.82, 2.24) is 19.5 Å². The molecule has 0 bridgehead atoms. The predicted octanol–water partition coefficient (Wildman–Crippen LogP) is 4.40. The van der Waals surface area contributed by atoms with E-state index in [4.69, 9.17) is 4.98 Å². The molecule has 1 aliphatic rings. The summed E-state index contributed by atoms with van der Waals surface area (Å²) >= 11 is 0. The second kappa shape index (κ2) is 9.06. The third-order valence-corrected chi connectivity index (χ3v) is 6.37. The number of aromatic nitrogens is 4. The molecule has 0 unspecified atom stereocenters. The van der Waals surface area contributed by atoms with Gasteiger partial charge in [-0.1, -0.05) is 12.8 Å². The van der Waals surface area contributed by atoms with Crippen molar-refractivity contribution in [3.63, 3.8) is 0 Å². The van der Waals surface area contributed by atoms with Gasteiger partial charge in [-0.25, -0.2) is 9.97 Å². The van der Waals surface area contributed by atoms with Crippen LogP contribution >= 0.6 is 0 Å². The van der Waals surface area contributed by atoms with Crippen LogP contribution in [0.5, 0.6) is 0 Å². The van der Waals surface area contributed by atoms with Crippen molar-refractivity contribution in [3.8, 4) is 0 Å². The van der Waals surface area contributed by atoms with E-state index in [-0.39, 0.29) is 22.9 Å². The van der Waals surface area contributed by atoms with E-state index in [2.05, 4.69) is 34.0 Å². The standard InChI is InChI=1S/C24H30N6O2/c1-5-29(6-2)18-11-12-20(25-13-18)27-24-26-14-19-15(3)21(16(4)31)23(32)30(22(19)28-24)17-9-7-8-10-17/h11-14,17H,5-10H2,1-4H3,(H,25,26,27,28). The van der Waals surface area contributed by atoms with Crippen LogP contribution < -0.4 is 15.8 Å². The number of hydrogen-bond donors (Lipinski definition) is 1. The molecular formula is C24H30N6O2. The largest absolute Gasteiger partial charge is 0.371 e. The monoisotopic (exact) mass is 434 g/mol. The number of nitrogens with one attached hydrogen (secondary N) is 1. The number of hydrogen-bond acceptors (Lipinski definition) is 7. The fourth-order valence-corrected chi connectivity index (χ4v) is 4.66. The van der Waals surface area contributed by atoms with Crippen molar-refractivity contribution in [2.45, 2.75) is 59.4 Å². The predicted molar refractivity (Wildman–Crippen MR) is 127 cm³/mol. The van der Waals surface area contributed by atoms with Crippen molar-refractivity contribution >= 4 is 34.3 Å². The Labute approximate surface area is 187 Å². The highest BCUT2D eigenvalue weighted by atomic mass is 16.1. The maximum Gasteiger partial charge on any atom is 0.263 e. The van der Waals surface area contributed by atoms with E-state index in [1.807, 2.05) is 18.3 Å². The van der Waals surface area contributed by atoms with Gasteiger partial charge in [-0.2, -0.15) is 4.98 Å². The van der Waals surface area contributed by atoms with Crippen molar-refractivity contribution < 1.29 is 4.79 Å². The zero-order valence-electron chi connectivity index (χ0n) is 19.2. The molecule has 3 aromatic rings. The minimum Gasteiger partial charge on any atom is -0.371 e. The van der Waals surface area contributed by atoms with E-state index >= 15 is 0 Å². The number of Topliss-reactive ketones (excluding diaryl/α,β-unsaturated/α-hetero) is 1. The van der Waals surface area contributed by atoms with Gasteiger partial charge in [0.05, 0.1) is 17.4 Å². The van der Waals surface area contributed by atoms with Gasteiger partial charge in [-0.05, 0) is 58.2 Å². The Morgan fingerprint density at radius 2 is 1.88 bits per heavy atom. The fourth-order valence-electron chi connectivity index (χ4n) is 4.66. The van der Waals surface area contributed by atoms with Gasteiger partial charge in [0.25, 0.3) is 5.56 Å². The normalized spacial score (nSPS) is 14.1. The Morgan fingerprint density at radius 1 is 1.16 bits per heavy atom. The minimum atomic E-state index is -0.249. The molecule has 0 saturated heterocycles. The van der Waals surface area contributed by atoms with Crippen molar-refractivity contribution in [2.24, 2.45) is 0 Å². The molecule has 0 amide bonds. The smallest absolute Gasteiger partial charge is 0.263 e. The zero-order valence-corrected chi connectivity index (χ0v) is 19.2. The van der Waals surface area contributed by atoms with E-state index in [1.54, 1.807) is 17.7 Å². The third kappa shape index (κ3) is 3.97. The molecule has 1 saturated carbocycles. The van der Waals surface area contributed by atoms with Crippen LogP contribution in [0.15, 0.2) is 29.3 Å². The van der Waals surface area contributed by atoms with Gasteiger partial charge in [-0.3, -0.25) is 14.2 Å². The van der Waals surface area contributed by atoms with E-state index in [1.165, 1.54) is 6.92 Å². The molecule has 3 heterocycles. The lowest BCUT2D eigenvalue weighted by Crippen LogP contribution is -2.30. The number of aryl methyl sites for hydroxylation is 1. The first-order valence-corrected chi connectivity index (χ1v) is 11.3. The SMILES string of the molecule is CCN(CC)c1ccc(Nc2ncc3c(C)c(C(C)=O)c(=O)n(C4CCCC4)c3n2)nc1. The molecule has 0 spiro atoms. The summed E-state index contributed by atoms with van der Waals surface area (Å²) in [5.41, 5.74) is 2.26. The minimum absolute atomic E-state index is 0.0536. The van der Waals surface area contributed by atoms with Crippen molar-refractivity contribution in [3.05, 3.63) is 46.0 Å². The highest BCUT2D eigenvalue weighted by molar-refractivity contribution is 5.99. The molecule has 3 aromatic heterocycles. The first-order valence-electron chi connectivity index (χ1n) is 11.3. The number of anilines is 3. The lowest BCUT2D eigenvalue weighted by molar-refractivity contribution is 0.101. The van der Waals surface area contributed by atoms with Gasteiger partial charge in [0.2, 0.25) is 5.95 Å². The Bertz CT molecular complexity index is 1190. The van der Waals surface area contributed by atoms with Gasteiger partial charge in [0.15, 0.2) is 5.78 Å². The summed E-state index contributed by atoms with van der Waals surface area (Å²) < 4.78 is 1.72. The number of fused-ring (bicyclic) bond motifs is 1. The topological polar surface area (TPSA) is 93.0 Å². The number of rotatable bonds is 7. The van der Waals surface area contributed by atoms with Crippen LogP contribution in [0.1, 0.15) is 68.4 Å². The lowest BCUT2D eigenvalue weighted by atomic mass is 10.0. The Morgan fingerprint density at radius 3 is 2.47 bits per heavy atom. The molecule has 8 nitrogen and oxygen atoms in total. The molecular weight excluding hydrogens is 404 g/mol. The van der Waals surface area contributed by atoms with Crippen LogP contribution in [0.2, 0.25) is 0 Å². The molecule has 1 fully saturated rings. The number of nitrogens with zero attached hydrogens (tertiary/aromatic N) is 5. The first kappa shape index (κ1) is 21.9. The quantitative estimate of drug-likeness (QED) is 0.551. The summed E-state index contributed by atoms with van der Waals surface area (Å²) in [6.45, 7) is 9.30. The number of carbonyl (C=O) groups excluding carboxylic acids is 1. The van der Waals surface area contributed by atoms with E-state index < -0.39 is 0 Å². The van der Waals surface area contributed by atoms with Crippen molar-refractivity contribution in [2.75, 3.05) is 23.3 Å². The summed E-state index contributed by atoms with van der Waals surface area (Å²) in [5, 5.41) is 3.89. The van der Waals surface area contributed by atoms with E-state index in [9.17, 15) is 9.59 Å². The fraction of sp³-hybridized carbons (Fsp3) is 0.458. The Hall–Kier alpha value is -3.29. The summed E-state index contributed by atoms with van der Waals surface area (Å²) in [5.74, 6) is 0.787. The Kier molecular flexibility index (Phi) is 6.21. The third-order valence-electron chi connectivity index (χ3n) is 6.37. The number of carbonyl (C=O) groups is 1. The van der Waals surface area contributed by atoms with Crippen LogP contribution in [-0.4, -0.2) is 38.4 Å². The molecule has 0 aromatic carbocycles. The summed E-state index contributed by atoms with van der Waals surface area (Å²) in [7, 11) is 0. The van der Waals surface area contributed by atoms with E-state index in [0.717, 1.165) is 49.8 Å². The van der Waals surface area contributed by atoms with Gasteiger partial charge < -0.3 is 10.2 Å². The maximum atomic E-state index is 13.3. The molecule has 8 heteroatoms. The van der Waals surface area contributed by atoms with Crippen LogP contribution in [0, 0.1) is 6.92 Å². The van der Waals surface area contributed by atoms with Crippen molar-refractivity contribution in [1.29, 1.82) is 0 Å². The summed E-state index contributed by atoms with van der Waals surface area (Å²) in [6, 6.07) is 3.97. The number of pyridine rings is 2. The Balaban J connectivity index is 1.76. The molecule has 1 aliphatic carbocycles. The maximum absolute atomic E-state index is 13.3. The second-order valence-corrected chi connectivity index (χ2v) is 8.30. The zero-order chi connectivity index (χ0) is 22.8. The molecule has 0 radical (unpaired) electrons. The number of ketones is 1. The van der Waals surface area contributed by atoms with Crippen LogP contribution in [0.3, 0.4) is 0 Å². The van der Waals surface area contributed by atoms with Gasteiger partial charge in [0.1, 0.15) is 11.5 Å². The van der Waals surface area contributed by atoms with Crippen LogP contribution in [-0.2, 0) is 0 Å². The molecule has 168 valence electrons. The second-order valence-electron chi connectivity index (χ2n) is 8.30. The average Bonchev–Trinajstić information content (AvgIpc) is 3.30. The average molecular weight is 435 g/mol. The van der Waals surface area contributed by atoms with Gasteiger partial charge >= 0.3 is 0 Å². The molecule has 0 aliphatic heterocycles. The molecule has 4 rings (SSSR count). The van der Waals surface area contributed by atoms with Gasteiger partial charge in [0, 0.05) is 30.7 Å². The van der Waals surface area contributed by atoms with Crippen LogP contribution in [0.4, 0.5) is 17.5 Å².